The fourth-order valence-electron chi connectivity index (χ4n) is 7.45. The molecule has 12 N–H and O–H groups in total. The van der Waals surface area contributed by atoms with Gasteiger partial charge in [0.1, 0.15) is 42.3 Å². The monoisotopic (exact) mass is 916 g/mol. The molecular formula is C45H73N9O11. The maximum atomic E-state index is 14.4. The van der Waals surface area contributed by atoms with Crippen LogP contribution in [0.1, 0.15) is 106 Å². The van der Waals surface area contributed by atoms with E-state index < -0.39 is 114 Å². The van der Waals surface area contributed by atoms with Crippen LogP contribution < -0.4 is 43.4 Å². The second-order valence-corrected chi connectivity index (χ2v) is 18.4. The van der Waals surface area contributed by atoms with Crippen LogP contribution in [0.15, 0.2) is 30.3 Å². The summed E-state index contributed by atoms with van der Waals surface area (Å²) in [7, 11) is 0. The van der Waals surface area contributed by atoms with Gasteiger partial charge < -0.3 is 58.5 Å². The molecule has 0 radical (unpaired) electrons. The number of aliphatic hydroxyl groups is 1. The van der Waals surface area contributed by atoms with Gasteiger partial charge in [0.15, 0.2) is 0 Å². The topological polar surface area (TPSA) is 322 Å². The van der Waals surface area contributed by atoms with E-state index in [9.17, 15) is 53.4 Å². The molecule has 0 saturated carbocycles. The van der Waals surface area contributed by atoms with Crippen LogP contribution in [0, 0.1) is 23.7 Å². The first kappa shape index (κ1) is 55.5. The Balaban J connectivity index is 2.37. The Kier molecular flexibility index (Phi) is 23.0. The molecule has 1 aliphatic heterocycles. The maximum Gasteiger partial charge on any atom is 0.326 e. The molecule has 1 aliphatic rings. The Morgan fingerprint density at radius 2 is 1.17 bits per heavy atom. The molecule has 1 saturated heterocycles. The van der Waals surface area contributed by atoms with Crippen molar-refractivity contribution in [2.75, 3.05) is 13.2 Å². The number of nitrogens with one attached hydrogen (secondary N) is 6. The van der Waals surface area contributed by atoms with Gasteiger partial charge >= 0.3 is 5.97 Å². The lowest BCUT2D eigenvalue weighted by molar-refractivity contribution is -0.144. The summed E-state index contributed by atoms with van der Waals surface area (Å²) in [6.07, 6.45) is 0.651. The van der Waals surface area contributed by atoms with Crippen LogP contribution in [0.3, 0.4) is 0 Å². The summed E-state index contributed by atoms with van der Waals surface area (Å²) in [6, 6.07) is -1.04. The van der Waals surface area contributed by atoms with Crippen molar-refractivity contribution in [3.8, 4) is 0 Å². The highest BCUT2D eigenvalue weighted by Gasteiger charge is 2.40. The number of carboxylic acid groups (broad SMARTS) is 1. The van der Waals surface area contributed by atoms with Crippen LogP contribution >= 0.6 is 0 Å². The highest BCUT2D eigenvalue weighted by Crippen LogP contribution is 2.22. The van der Waals surface area contributed by atoms with Crippen molar-refractivity contribution in [3.63, 3.8) is 0 Å². The Labute approximate surface area is 381 Å². The number of hydrogen-bond acceptors (Lipinski definition) is 11. The highest BCUT2D eigenvalue weighted by atomic mass is 16.4. The minimum absolute atomic E-state index is 0.0481. The average molecular weight is 916 g/mol. The molecule has 20 heteroatoms. The van der Waals surface area contributed by atoms with Crippen molar-refractivity contribution < 1.29 is 53.4 Å². The summed E-state index contributed by atoms with van der Waals surface area (Å²) in [5, 5.41) is 35.2. The SMILES string of the molecule is CC(C)C[C@H](NC(=O)[C@H](CO)NC(=O)[C@@H](N)CC(C)C)C(=O)N[C@@H](CC(C)C)C(=O)N1CCC[C@H]1C(=O)N[C@@H](Cc1ccccc1)C(=O)N[C@@H](CCC(N)=O)C(=O)N[C@H](C(=O)O)C(C)C. The van der Waals surface area contributed by atoms with Crippen LogP contribution in [0.25, 0.3) is 0 Å². The number of aliphatic carboxylic acids is 1. The quantitative estimate of drug-likeness (QED) is 0.0539. The number of nitrogens with zero attached hydrogens (tertiary/aromatic N) is 1. The van der Waals surface area contributed by atoms with E-state index in [0.29, 0.717) is 18.4 Å². The number of benzene rings is 1. The highest BCUT2D eigenvalue weighted by molar-refractivity contribution is 5.98. The standard InChI is InChI=1S/C45H73N9O11/c1-24(2)19-29(46)38(57)52-34(23-55)42(61)49-31(20-25(3)4)40(59)51-33(21-26(5)6)44(63)54-18-12-15-35(54)43(62)50-32(22-28-13-10-9-11-14-28)41(60)48-30(16-17-36(47)56)39(58)53-37(27(7)8)45(64)65/h9-11,13-14,24-27,29-35,37,55H,12,15-23,46H2,1-8H3,(H2,47,56)(H,48,60)(H,49,61)(H,50,62)(H,51,59)(H,52,57)(H,53,58)(H,64,65)/t29-,30-,31-,32-,33-,34-,35-,37-/m0/s1. The lowest BCUT2D eigenvalue weighted by Gasteiger charge is -2.32. The summed E-state index contributed by atoms with van der Waals surface area (Å²) in [5.41, 5.74) is 12.0. The van der Waals surface area contributed by atoms with Gasteiger partial charge in [-0.2, -0.15) is 0 Å². The number of primary amides is 1. The number of aliphatic hydroxyl groups excluding tert-OH is 1. The average Bonchev–Trinajstić information content (AvgIpc) is 3.72. The van der Waals surface area contributed by atoms with Crippen LogP contribution in [0.4, 0.5) is 0 Å². The molecule has 20 nitrogen and oxygen atoms in total. The summed E-state index contributed by atoms with van der Waals surface area (Å²) >= 11 is 0. The van der Waals surface area contributed by atoms with Crippen molar-refractivity contribution >= 4 is 53.2 Å². The smallest absolute Gasteiger partial charge is 0.326 e. The molecule has 1 aromatic carbocycles. The Morgan fingerprint density at radius 1 is 0.662 bits per heavy atom. The number of carboxylic acids is 1. The first-order valence-electron chi connectivity index (χ1n) is 22.5. The number of hydrogen-bond donors (Lipinski definition) is 10. The van der Waals surface area contributed by atoms with Crippen LogP contribution in [-0.2, 0) is 49.6 Å². The molecule has 0 bridgehead atoms. The second-order valence-electron chi connectivity index (χ2n) is 18.4. The number of likely N-dealkylation sites (tertiary alicyclic amines) is 1. The molecule has 8 atom stereocenters. The predicted octanol–water partition coefficient (Wildman–Crippen LogP) is -0.407. The summed E-state index contributed by atoms with van der Waals surface area (Å²) in [4.78, 5) is 121. The molecule has 1 aromatic rings. The number of carbonyl (C=O) groups is 9. The Hall–Kier alpha value is -5.63. The maximum absolute atomic E-state index is 14.4. The van der Waals surface area contributed by atoms with Crippen LogP contribution in [0.5, 0.6) is 0 Å². The van der Waals surface area contributed by atoms with Crippen LogP contribution in [0.2, 0.25) is 0 Å². The third-order valence-electron chi connectivity index (χ3n) is 10.8. The van der Waals surface area contributed by atoms with Gasteiger partial charge in [-0.1, -0.05) is 85.7 Å². The summed E-state index contributed by atoms with van der Waals surface area (Å²) in [6.45, 7) is 13.7. The zero-order valence-corrected chi connectivity index (χ0v) is 39.1. The molecule has 0 aliphatic carbocycles. The second kappa shape index (κ2) is 27.0. The number of carbonyl (C=O) groups excluding carboxylic acids is 8. The van der Waals surface area contributed by atoms with Crippen molar-refractivity contribution in [1.82, 2.24) is 36.8 Å². The van der Waals surface area contributed by atoms with E-state index in [-0.39, 0.29) is 62.8 Å². The Bertz CT molecular complexity index is 1790. The van der Waals surface area contributed by atoms with E-state index in [1.165, 1.54) is 4.90 Å². The predicted molar refractivity (Wildman–Crippen MR) is 241 cm³/mol. The van der Waals surface area contributed by atoms with Crippen molar-refractivity contribution in [2.24, 2.45) is 35.1 Å². The van der Waals surface area contributed by atoms with Gasteiger partial charge in [-0.15, -0.1) is 0 Å². The van der Waals surface area contributed by atoms with Crippen molar-refractivity contribution in [1.29, 1.82) is 0 Å². The largest absolute Gasteiger partial charge is 0.480 e. The Morgan fingerprint density at radius 3 is 1.71 bits per heavy atom. The molecular weight excluding hydrogens is 843 g/mol. The molecule has 8 amide bonds. The molecule has 1 fully saturated rings. The van der Waals surface area contributed by atoms with E-state index in [1.54, 1.807) is 44.2 Å². The van der Waals surface area contributed by atoms with Crippen molar-refractivity contribution in [3.05, 3.63) is 35.9 Å². The van der Waals surface area contributed by atoms with Gasteiger partial charge in [0, 0.05) is 19.4 Å². The van der Waals surface area contributed by atoms with E-state index in [4.69, 9.17) is 11.5 Å². The molecule has 0 unspecified atom stereocenters. The first-order chi connectivity index (χ1) is 30.4. The number of rotatable bonds is 27. The normalized spacial score (nSPS) is 17.0. The minimum Gasteiger partial charge on any atom is -0.480 e. The fraction of sp³-hybridized carbons (Fsp3) is 0.667. The zero-order chi connectivity index (χ0) is 49.1. The van der Waals surface area contributed by atoms with Gasteiger partial charge in [0.05, 0.1) is 12.6 Å². The third-order valence-corrected chi connectivity index (χ3v) is 10.8. The molecule has 0 spiro atoms. The number of amides is 8. The number of nitrogens with two attached hydrogens (primary N) is 2. The van der Waals surface area contributed by atoms with E-state index in [2.05, 4.69) is 31.9 Å². The van der Waals surface area contributed by atoms with E-state index in [1.807, 2.05) is 41.5 Å². The molecule has 1 heterocycles. The van der Waals surface area contributed by atoms with Gasteiger partial charge in [-0.3, -0.25) is 38.4 Å². The molecule has 364 valence electrons. The molecule has 65 heavy (non-hydrogen) atoms. The minimum atomic E-state index is -1.40. The first-order valence-corrected chi connectivity index (χ1v) is 22.5. The van der Waals surface area contributed by atoms with Crippen LogP contribution in [-0.4, -0.2) is 130 Å². The van der Waals surface area contributed by atoms with Crippen molar-refractivity contribution in [2.45, 2.75) is 155 Å². The lowest BCUT2D eigenvalue weighted by atomic mass is 9.99. The molecule has 0 aromatic heterocycles. The van der Waals surface area contributed by atoms with E-state index >= 15 is 0 Å². The zero-order valence-electron chi connectivity index (χ0n) is 39.1. The third kappa shape index (κ3) is 18.8. The van der Waals surface area contributed by atoms with Gasteiger partial charge in [-0.05, 0) is 67.8 Å². The van der Waals surface area contributed by atoms with Gasteiger partial charge in [0.25, 0.3) is 0 Å². The van der Waals surface area contributed by atoms with Gasteiger partial charge in [-0.25, -0.2) is 4.79 Å². The van der Waals surface area contributed by atoms with E-state index in [0.717, 1.165) is 0 Å². The fourth-order valence-corrected chi connectivity index (χ4v) is 7.45. The summed E-state index contributed by atoms with van der Waals surface area (Å²) < 4.78 is 0. The lowest BCUT2D eigenvalue weighted by Crippen LogP contribution is -2.60. The summed E-state index contributed by atoms with van der Waals surface area (Å²) in [5.74, 6) is -7.80. The molecule has 2 rings (SSSR count). The van der Waals surface area contributed by atoms with Gasteiger partial charge in [0.2, 0.25) is 47.3 Å².